The van der Waals surface area contributed by atoms with Gasteiger partial charge in [-0.05, 0) is 49.1 Å². The topological polar surface area (TPSA) is 115 Å². The van der Waals surface area contributed by atoms with Gasteiger partial charge in [0.15, 0.2) is 5.65 Å². The number of benzene rings is 1. The van der Waals surface area contributed by atoms with Gasteiger partial charge in [-0.3, -0.25) is 9.78 Å². The van der Waals surface area contributed by atoms with Gasteiger partial charge in [0, 0.05) is 49.5 Å². The first-order valence-corrected chi connectivity index (χ1v) is 15.1. The lowest BCUT2D eigenvalue weighted by Crippen LogP contribution is -2.54. The van der Waals surface area contributed by atoms with E-state index in [4.69, 9.17) is 4.98 Å². The van der Waals surface area contributed by atoms with Crippen LogP contribution in [-0.4, -0.2) is 71.0 Å². The SMILES string of the molecule is C=CC(=O)N1CCN(c2nc(=O)n3c4nc(c(F)cc24)-c2c(F)cccc2CCn2nncc2-c2ccnc(C(C)C)c2-3)[C@@H](C)C1. The van der Waals surface area contributed by atoms with Crippen molar-refractivity contribution in [2.75, 3.05) is 24.5 Å². The number of aryl methyl sites for hydroxylation is 2. The van der Waals surface area contributed by atoms with Crippen LogP contribution >= 0.6 is 0 Å². The highest BCUT2D eigenvalue weighted by molar-refractivity contribution is 5.92. The second kappa shape index (κ2) is 11.2. The first-order chi connectivity index (χ1) is 22.2. The van der Waals surface area contributed by atoms with E-state index in [1.165, 1.54) is 22.8 Å². The van der Waals surface area contributed by atoms with Crippen molar-refractivity contribution in [1.29, 1.82) is 0 Å². The number of piperazine rings is 1. The van der Waals surface area contributed by atoms with Gasteiger partial charge in [0.05, 0.1) is 28.7 Å². The van der Waals surface area contributed by atoms with E-state index in [2.05, 4.69) is 26.9 Å². The molecule has 6 heterocycles. The molecule has 1 fully saturated rings. The van der Waals surface area contributed by atoms with Gasteiger partial charge in [0.1, 0.15) is 23.1 Å². The van der Waals surface area contributed by atoms with Gasteiger partial charge in [0.25, 0.3) is 0 Å². The Hall–Kier alpha value is -5.33. The van der Waals surface area contributed by atoms with Crippen molar-refractivity contribution in [2.45, 2.75) is 45.7 Å². The largest absolute Gasteiger partial charge is 0.355 e. The van der Waals surface area contributed by atoms with Crippen molar-refractivity contribution in [3.63, 3.8) is 0 Å². The van der Waals surface area contributed by atoms with Crippen molar-refractivity contribution < 1.29 is 13.6 Å². The highest BCUT2D eigenvalue weighted by atomic mass is 19.1. The first-order valence-electron chi connectivity index (χ1n) is 15.1. The monoisotopic (exact) mass is 623 g/mol. The zero-order chi connectivity index (χ0) is 32.3. The summed E-state index contributed by atoms with van der Waals surface area (Å²) in [5.41, 5.74) is 2.04. The van der Waals surface area contributed by atoms with E-state index in [0.29, 0.717) is 60.8 Å². The summed E-state index contributed by atoms with van der Waals surface area (Å²) in [5, 5.41) is 8.73. The molecule has 2 aliphatic heterocycles. The summed E-state index contributed by atoms with van der Waals surface area (Å²) in [6.07, 6.45) is 4.87. The zero-order valence-electron chi connectivity index (χ0n) is 25.6. The molecule has 0 aliphatic carbocycles. The molecule has 5 aromatic rings. The van der Waals surface area contributed by atoms with Crippen LogP contribution in [-0.2, 0) is 17.8 Å². The van der Waals surface area contributed by atoms with Gasteiger partial charge in [-0.2, -0.15) is 4.98 Å². The van der Waals surface area contributed by atoms with Crippen molar-refractivity contribution in [1.82, 2.24) is 39.4 Å². The van der Waals surface area contributed by atoms with Gasteiger partial charge in [-0.15, -0.1) is 5.10 Å². The summed E-state index contributed by atoms with van der Waals surface area (Å²) >= 11 is 0. The molecule has 1 amide bonds. The van der Waals surface area contributed by atoms with Crippen LogP contribution < -0.4 is 10.6 Å². The molecule has 0 spiro atoms. The van der Waals surface area contributed by atoms with E-state index < -0.39 is 17.3 Å². The van der Waals surface area contributed by atoms with Crippen LogP contribution in [0.25, 0.3) is 39.2 Å². The highest BCUT2D eigenvalue weighted by Gasteiger charge is 2.32. The Kier molecular flexibility index (Phi) is 7.18. The third-order valence-electron chi connectivity index (χ3n) is 8.73. The van der Waals surface area contributed by atoms with Crippen LogP contribution in [0.5, 0.6) is 0 Å². The van der Waals surface area contributed by atoms with E-state index >= 15 is 8.78 Å². The Balaban J connectivity index is 1.59. The maximum Gasteiger partial charge on any atom is 0.355 e. The Morgan fingerprint density at radius 3 is 2.70 bits per heavy atom. The quantitative estimate of drug-likeness (QED) is 0.274. The third-order valence-corrected chi connectivity index (χ3v) is 8.73. The number of halogens is 2. The Morgan fingerprint density at radius 2 is 1.93 bits per heavy atom. The van der Waals surface area contributed by atoms with Gasteiger partial charge >= 0.3 is 5.69 Å². The van der Waals surface area contributed by atoms with Crippen molar-refractivity contribution in [2.24, 2.45) is 0 Å². The number of amides is 1. The Bertz CT molecular complexity index is 2110. The van der Waals surface area contributed by atoms with Crippen LogP contribution in [0.2, 0.25) is 0 Å². The lowest BCUT2D eigenvalue weighted by atomic mass is 9.98. The standard InChI is InChI=1S/C33H31F2N9O2/c1-5-26(45)41-13-14-42(19(4)17-41)31-22-15-24(35)29-27-20(7-6-8-23(27)34)10-12-43-25(16-37-40-43)21-9-11-36-28(18(2)3)30(21)44(32(22)38-29)33(46)39-31/h5-9,11,15-16,18-19H,1,10,12-14,17H2,2-4H3/t19-/m0/s1. The first kappa shape index (κ1) is 29.4. The average Bonchev–Trinajstić information content (AvgIpc) is 3.51. The van der Waals surface area contributed by atoms with Crippen LogP contribution in [0.4, 0.5) is 14.6 Å². The maximum atomic E-state index is 16.3. The number of hydrogen-bond donors (Lipinski definition) is 0. The Morgan fingerprint density at radius 1 is 1.11 bits per heavy atom. The molecule has 7 rings (SSSR count). The molecule has 0 unspecified atom stereocenters. The predicted molar refractivity (Wildman–Crippen MR) is 169 cm³/mol. The summed E-state index contributed by atoms with van der Waals surface area (Å²) in [5.74, 6) is -1.49. The maximum absolute atomic E-state index is 16.3. The number of carbonyl (C=O) groups is 1. The van der Waals surface area contributed by atoms with Crippen molar-refractivity contribution in [3.05, 3.63) is 88.8 Å². The molecule has 1 saturated heterocycles. The fourth-order valence-electron chi connectivity index (χ4n) is 6.54. The molecule has 2 aliphatic rings. The van der Waals surface area contributed by atoms with Crippen LogP contribution in [0.1, 0.15) is 37.9 Å². The van der Waals surface area contributed by atoms with Crippen LogP contribution in [0.15, 0.2) is 60.2 Å². The molecule has 0 radical (unpaired) electrons. The predicted octanol–water partition coefficient (Wildman–Crippen LogP) is 4.28. The average molecular weight is 624 g/mol. The van der Waals surface area contributed by atoms with E-state index in [9.17, 15) is 9.59 Å². The molecule has 4 aromatic heterocycles. The molecule has 1 atom stereocenters. The minimum Gasteiger partial charge on any atom is -0.350 e. The number of fused-ring (bicyclic) bond motifs is 7. The molecule has 234 valence electrons. The molecule has 1 aromatic carbocycles. The molecule has 11 nitrogen and oxygen atoms in total. The molecular formula is C33H31F2N9O2. The number of aromatic nitrogens is 7. The van der Waals surface area contributed by atoms with E-state index in [-0.39, 0.29) is 46.0 Å². The number of rotatable bonds is 3. The summed E-state index contributed by atoms with van der Waals surface area (Å²) < 4.78 is 35.0. The molecular weight excluding hydrogens is 592 g/mol. The number of carbonyl (C=O) groups excluding carboxylic acids is 1. The zero-order valence-corrected chi connectivity index (χ0v) is 25.6. The van der Waals surface area contributed by atoms with Crippen LogP contribution in [0, 0.1) is 11.6 Å². The van der Waals surface area contributed by atoms with Crippen molar-refractivity contribution >= 4 is 22.8 Å². The molecule has 46 heavy (non-hydrogen) atoms. The summed E-state index contributed by atoms with van der Waals surface area (Å²) in [7, 11) is 0. The normalized spacial score (nSPS) is 16.1. The number of anilines is 1. The van der Waals surface area contributed by atoms with E-state index in [0.717, 1.165) is 0 Å². The third kappa shape index (κ3) is 4.65. The molecule has 13 heteroatoms. The lowest BCUT2D eigenvalue weighted by molar-refractivity contribution is -0.126. The van der Waals surface area contributed by atoms with Gasteiger partial charge in [-0.25, -0.2) is 27.8 Å². The van der Waals surface area contributed by atoms with Gasteiger partial charge < -0.3 is 9.80 Å². The fraction of sp³-hybridized carbons (Fsp3) is 0.303. The number of nitrogens with zero attached hydrogens (tertiary/aromatic N) is 9. The second-order valence-electron chi connectivity index (χ2n) is 11.9. The fourth-order valence-corrected chi connectivity index (χ4v) is 6.54. The van der Waals surface area contributed by atoms with Crippen molar-refractivity contribution in [3.8, 4) is 28.2 Å². The molecule has 0 N–H and O–H groups in total. The molecule has 0 saturated carbocycles. The van der Waals surface area contributed by atoms with Crippen LogP contribution in [0.3, 0.4) is 0 Å². The van der Waals surface area contributed by atoms with Gasteiger partial charge in [-0.1, -0.05) is 37.8 Å². The minimum atomic E-state index is -0.755. The highest BCUT2D eigenvalue weighted by Crippen LogP contribution is 2.38. The van der Waals surface area contributed by atoms with Gasteiger partial charge in [0.2, 0.25) is 5.91 Å². The summed E-state index contributed by atoms with van der Waals surface area (Å²) in [4.78, 5) is 44.2. The number of hydrogen-bond acceptors (Lipinski definition) is 8. The summed E-state index contributed by atoms with van der Waals surface area (Å²) in [6.45, 7) is 10.8. The lowest BCUT2D eigenvalue weighted by Gasteiger charge is -2.40. The molecule has 2 bridgehead atoms. The Labute approximate surface area is 262 Å². The van der Waals surface area contributed by atoms with E-state index in [1.54, 1.807) is 40.2 Å². The smallest absolute Gasteiger partial charge is 0.350 e. The summed E-state index contributed by atoms with van der Waals surface area (Å²) in [6, 6.07) is 7.37. The minimum absolute atomic E-state index is 0.0157. The second-order valence-corrected chi connectivity index (χ2v) is 11.9. The van der Waals surface area contributed by atoms with E-state index in [1.807, 2.05) is 25.7 Å². The number of pyridine rings is 2.